The summed E-state index contributed by atoms with van der Waals surface area (Å²) in [4.78, 5) is 12.8. The molecule has 0 bridgehead atoms. The molecule has 4 heteroatoms. The number of fused-ring (bicyclic) bond motifs is 8. The third-order valence-electron chi connectivity index (χ3n) is 5.69. The Morgan fingerprint density at radius 2 is 1.79 bits per heavy atom. The minimum absolute atomic E-state index is 0. The molecule has 0 aromatic heterocycles. The maximum atomic E-state index is 12.8. The molecule has 137 valence electrons. The minimum atomic E-state index is -1.01. The van der Waals surface area contributed by atoms with Gasteiger partial charge in [0.25, 0.3) is 0 Å². The van der Waals surface area contributed by atoms with Crippen molar-refractivity contribution in [2.45, 2.75) is 12.5 Å². The number of hydrogen-bond donors (Lipinski definition) is 0. The number of ether oxygens (including phenoxy) is 2. The second-order valence-electron chi connectivity index (χ2n) is 7.31. The van der Waals surface area contributed by atoms with Gasteiger partial charge in [-0.1, -0.05) is 59.7 Å². The van der Waals surface area contributed by atoms with Gasteiger partial charge >= 0.3 is 5.97 Å². The van der Waals surface area contributed by atoms with Crippen LogP contribution in [0.3, 0.4) is 0 Å². The standard InChI is InChI=1S/C25H15O3.Y/c1-15-10-12-17-16(14-15)11-13-21-23(17)27-22-9-5-4-8-20(22)25(21)19-7-3-2-6-18(19)24(26)28-25;/h2-4,6-14H,1H3;/q-1;. The summed E-state index contributed by atoms with van der Waals surface area (Å²) in [6.07, 6.45) is 0. The molecular weight excluding hydrogens is 437 g/mol. The quantitative estimate of drug-likeness (QED) is 0.261. The number of benzene rings is 4. The van der Waals surface area contributed by atoms with Crippen molar-refractivity contribution in [3.05, 3.63) is 107 Å². The van der Waals surface area contributed by atoms with Crippen molar-refractivity contribution in [2.24, 2.45) is 0 Å². The zero-order valence-corrected chi connectivity index (χ0v) is 18.6. The van der Waals surface area contributed by atoms with Gasteiger partial charge in [0.05, 0.1) is 5.56 Å². The van der Waals surface area contributed by atoms with Crippen LogP contribution in [0.5, 0.6) is 11.5 Å². The minimum Gasteiger partial charge on any atom is -0.515 e. The van der Waals surface area contributed by atoms with Crippen LogP contribution in [-0.2, 0) is 43.0 Å². The molecule has 1 unspecified atom stereocenters. The molecule has 1 atom stereocenters. The van der Waals surface area contributed by atoms with Crippen molar-refractivity contribution in [3.8, 4) is 11.5 Å². The van der Waals surface area contributed by atoms with E-state index in [4.69, 9.17) is 9.47 Å². The van der Waals surface area contributed by atoms with Crippen molar-refractivity contribution in [1.82, 2.24) is 0 Å². The van der Waals surface area contributed by atoms with Crippen molar-refractivity contribution in [2.75, 3.05) is 0 Å². The van der Waals surface area contributed by atoms with Crippen molar-refractivity contribution >= 4 is 16.7 Å². The molecular formula is C25H15O3Y-. The average molecular weight is 452 g/mol. The van der Waals surface area contributed by atoms with Crippen LogP contribution in [0.15, 0.2) is 72.8 Å². The van der Waals surface area contributed by atoms with Gasteiger partial charge in [0.15, 0.2) is 5.60 Å². The molecule has 29 heavy (non-hydrogen) atoms. The third kappa shape index (κ3) is 2.41. The molecule has 4 aromatic rings. The zero-order chi connectivity index (χ0) is 18.9. The molecule has 0 saturated heterocycles. The number of esters is 1. The van der Waals surface area contributed by atoms with Gasteiger partial charge in [0.2, 0.25) is 0 Å². The van der Waals surface area contributed by atoms with E-state index in [0.29, 0.717) is 11.3 Å². The topological polar surface area (TPSA) is 35.5 Å². The van der Waals surface area contributed by atoms with Crippen LogP contribution in [0.4, 0.5) is 0 Å². The second-order valence-corrected chi connectivity index (χ2v) is 7.31. The molecule has 0 fully saturated rings. The van der Waals surface area contributed by atoms with Crippen molar-refractivity contribution in [1.29, 1.82) is 0 Å². The number of hydrogen-bond acceptors (Lipinski definition) is 3. The number of aryl methyl sites for hydroxylation is 1. The molecule has 4 aromatic carbocycles. The summed E-state index contributed by atoms with van der Waals surface area (Å²) in [6.45, 7) is 2.07. The van der Waals surface area contributed by atoms with Crippen LogP contribution in [0.2, 0.25) is 0 Å². The Kier molecular flexibility index (Phi) is 4.16. The molecule has 3 nitrogen and oxygen atoms in total. The fourth-order valence-corrected chi connectivity index (χ4v) is 4.47. The van der Waals surface area contributed by atoms with E-state index in [9.17, 15) is 4.79 Å². The van der Waals surface area contributed by atoms with E-state index in [1.807, 2.05) is 48.5 Å². The zero-order valence-electron chi connectivity index (χ0n) is 15.7. The number of carbonyl (C=O) groups is 1. The first kappa shape index (κ1) is 18.5. The Morgan fingerprint density at radius 1 is 0.931 bits per heavy atom. The fraction of sp³-hybridized carbons (Fsp3) is 0.0800. The van der Waals surface area contributed by atoms with Gasteiger partial charge in [-0.25, -0.2) is 4.79 Å². The van der Waals surface area contributed by atoms with E-state index in [2.05, 4.69) is 37.3 Å². The Labute approximate surface area is 193 Å². The Hall–Kier alpha value is -2.49. The van der Waals surface area contributed by atoms with Gasteiger partial charge in [0, 0.05) is 55.0 Å². The van der Waals surface area contributed by atoms with Crippen molar-refractivity contribution in [3.63, 3.8) is 0 Å². The summed E-state index contributed by atoms with van der Waals surface area (Å²) >= 11 is 0. The van der Waals surface area contributed by atoms with Crippen LogP contribution >= 0.6 is 0 Å². The summed E-state index contributed by atoms with van der Waals surface area (Å²) in [5, 5.41) is 2.09. The van der Waals surface area contributed by atoms with Gasteiger partial charge in [0.1, 0.15) is 5.75 Å². The first-order valence-electron chi connectivity index (χ1n) is 9.23. The van der Waals surface area contributed by atoms with Gasteiger partial charge in [-0.05, 0) is 18.4 Å². The van der Waals surface area contributed by atoms with Crippen LogP contribution in [0.1, 0.15) is 32.6 Å². The predicted molar refractivity (Wildman–Crippen MR) is 106 cm³/mol. The van der Waals surface area contributed by atoms with E-state index in [1.54, 1.807) is 0 Å². The van der Waals surface area contributed by atoms with E-state index < -0.39 is 5.60 Å². The molecule has 1 spiro atoms. The molecule has 2 aliphatic rings. The van der Waals surface area contributed by atoms with Crippen molar-refractivity contribution < 1.29 is 47.0 Å². The Balaban J connectivity index is 0.00000181. The average Bonchev–Trinajstić information content (AvgIpc) is 3.01. The van der Waals surface area contributed by atoms with Crippen LogP contribution in [0, 0.1) is 13.0 Å². The SMILES string of the molecule is Cc1ccc2c3c(ccc2c1)C1(OC(=O)c2ccccc21)c1cc[c-]cc1O3.[Y]. The molecule has 6 rings (SSSR count). The molecule has 0 amide bonds. The van der Waals surface area contributed by atoms with E-state index in [1.165, 1.54) is 5.56 Å². The molecule has 1 radical (unpaired) electrons. The summed E-state index contributed by atoms with van der Waals surface area (Å²) < 4.78 is 12.5. The Morgan fingerprint density at radius 3 is 2.69 bits per heavy atom. The summed E-state index contributed by atoms with van der Waals surface area (Å²) in [5.41, 5.74) is 3.29. The molecule has 0 aliphatic carbocycles. The summed E-state index contributed by atoms with van der Waals surface area (Å²) in [5.74, 6) is 1.08. The monoisotopic (exact) mass is 452 g/mol. The molecule has 2 heterocycles. The molecule has 2 aliphatic heterocycles. The normalized spacial score (nSPS) is 18.3. The van der Waals surface area contributed by atoms with E-state index in [-0.39, 0.29) is 38.7 Å². The largest absolute Gasteiger partial charge is 0.515 e. The van der Waals surface area contributed by atoms with Gasteiger partial charge in [-0.3, -0.25) is 0 Å². The third-order valence-corrected chi connectivity index (χ3v) is 5.69. The van der Waals surface area contributed by atoms with Crippen LogP contribution < -0.4 is 4.74 Å². The van der Waals surface area contributed by atoms with E-state index >= 15 is 0 Å². The Bertz CT molecular complexity index is 1310. The van der Waals surface area contributed by atoms with Crippen LogP contribution in [-0.4, -0.2) is 5.97 Å². The van der Waals surface area contributed by atoms with Gasteiger partial charge < -0.3 is 9.47 Å². The maximum Gasteiger partial charge on any atom is 0.340 e. The number of rotatable bonds is 0. The smallest absolute Gasteiger partial charge is 0.340 e. The van der Waals surface area contributed by atoms with Crippen LogP contribution in [0.25, 0.3) is 10.8 Å². The first-order valence-corrected chi connectivity index (χ1v) is 9.23. The maximum absolute atomic E-state index is 12.8. The fourth-order valence-electron chi connectivity index (χ4n) is 4.47. The second kappa shape index (κ2) is 6.51. The first-order chi connectivity index (χ1) is 13.7. The summed E-state index contributed by atoms with van der Waals surface area (Å²) in [7, 11) is 0. The van der Waals surface area contributed by atoms with Gasteiger partial charge in [-0.15, -0.1) is 6.07 Å². The molecule has 0 saturated carbocycles. The summed E-state index contributed by atoms with van der Waals surface area (Å²) in [6, 6.07) is 26.6. The predicted octanol–water partition coefficient (Wildman–Crippen LogP) is 5.51. The van der Waals surface area contributed by atoms with Gasteiger partial charge in [-0.2, -0.15) is 18.2 Å². The van der Waals surface area contributed by atoms with E-state index in [0.717, 1.165) is 33.2 Å². The number of carbonyl (C=O) groups excluding carboxylic acids is 1. The molecule has 0 N–H and O–H groups in total.